The molecule has 0 radical (unpaired) electrons. The van der Waals surface area contributed by atoms with Gasteiger partial charge in [0.2, 0.25) is 0 Å². The summed E-state index contributed by atoms with van der Waals surface area (Å²) >= 11 is 0. The summed E-state index contributed by atoms with van der Waals surface area (Å²) < 4.78 is 22.7. The molecule has 0 aromatic heterocycles. The third-order valence-electron chi connectivity index (χ3n) is 2.37. The molecule has 0 aromatic carbocycles. The van der Waals surface area contributed by atoms with Crippen molar-refractivity contribution in [2.24, 2.45) is 5.73 Å². The summed E-state index contributed by atoms with van der Waals surface area (Å²) in [5.74, 6) is 0.267. The number of nitrogens with two attached hydrogens (primary N) is 1. The first-order valence-electron chi connectivity index (χ1n) is 4.24. The van der Waals surface area contributed by atoms with Gasteiger partial charge in [0.05, 0.1) is 11.0 Å². The van der Waals surface area contributed by atoms with Gasteiger partial charge in [-0.15, -0.1) is 0 Å². The quantitative estimate of drug-likeness (QED) is 0.613. The van der Waals surface area contributed by atoms with E-state index in [2.05, 4.69) is 4.90 Å². The highest BCUT2D eigenvalue weighted by Gasteiger charge is 2.30. The zero-order valence-electron chi connectivity index (χ0n) is 7.36. The van der Waals surface area contributed by atoms with Crippen molar-refractivity contribution in [1.82, 2.24) is 4.90 Å². The van der Waals surface area contributed by atoms with Crippen LogP contribution >= 0.6 is 0 Å². The van der Waals surface area contributed by atoms with Gasteiger partial charge in [0.25, 0.3) is 0 Å². The van der Waals surface area contributed by atoms with E-state index in [-0.39, 0.29) is 17.5 Å². The predicted octanol–water partition coefficient (Wildman–Crippen LogP) is -0.936. The fourth-order valence-electron chi connectivity index (χ4n) is 1.42. The largest absolute Gasteiger partial charge is 0.329 e. The van der Waals surface area contributed by atoms with Crippen LogP contribution in [0.3, 0.4) is 0 Å². The number of rotatable bonds is 2. The summed E-state index contributed by atoms with van der Waals surface area (Å²) in [5.41, 5.74) is 5.39. The van der Waals surface area contributed by atoms with Crippen LogP contribution in [0.4, 0.5) is 0 Å². The molecule has 0 saturated carbocycles. The average Bonchev–Trinajstić information content (AvgIpc) is 2.04. The van der Waals surface area contributed by atoms with Gasteiger partial charge in [-0.05, 0) is 6.54 Å². The Morgan fingerprint density at radius 2 is 2.25 bits per heavy atom. The van der Waals surface area contributed by atoms with Gasteiger partial charge in [-0.2, -0.15) is 0 Å². The van der Waals surface area contributed by atoms with Crippen molar-refractivity contribution in [2.75, 3.05) is 31.9 Å². The molecular formula is C7H16N2O2S. The van der Waals surface area contributed by atoms with Crippen LogP contribution in [0.1, 0.15) is 6.92 Å². The van der Waals surface area contributed by atoms with E-state index < -0.39 is 9.84 Å². The molecule has 1 saturated heterocycles. The van der Waals surface area contributed by atoms with Crippen LogP contribution in [-0.4, -0.2) is 50.5 Å². The fourth-order valence-corrected chi connectivity index (χ4v) is 3.00. The minimum atomic E-state index is -2.88. The zero-order valence-corrected chi connectivity index (χ0v) is 8.18. The maximum Gasteiger partial charge on any atom is 0.156 e. The summed E-state index contributed by atoms with van der Waals surface area (Å²) in [4.78, 5) is 2.12. The van der Waals surface area contributed by atoms with Crippen LogP contribution in [0.5, 0.6) is 0 Å². The molecule has 1 fully saturated rings. The number of hydrogen-bond acceptors (Lipinski definition) is 4. The molecule has 5 heteroatoms. The molecule has 1 rings (SSSR count). The van der Waals surface area contributed by atoms with E-state index in [1.54, 1.807) is 0 Å². The third kappa shape index (κ3) is 1.97. The Morgan fingerprint density at radius 1 is 1.58 bits per heavy atom. The van der Waals surface area contributed by atoms with Crippen LogP contribution in [0, 0.1) is 0 Å². The maximum atomic E-state index is 11.4. The van der Waals surface area contributed by atoms with Gasteiger partial charge in [0.1, 0.15) is 0 Å². The van der Waals surface area contributed by atoms with Crippen molar-refractivity contribution in [3.05, 3.63) is 0 Å². The van der Waals surface area contributed by atoms with E-state index >= 15 is 0 Å². The lowest BCUT2D eigenvalue weighted by Crippen LogP contribution is -2.49. The number of sulfone groups is 1. The van der Waals surface area contributed by atoms with Gasteiger partial charge < -0.3 is 10.6 Å². The summed E-state index contributed by atoms with van der Waals surface area (Å²) in [6.45, 7) is 4.46. The second kappa shape index (κ2) is 3.72. The van der Waals surface area contributed by atoms with Gasteiger partial charge in [0.15, 0.2) is 9.84 Å². The second-order valence-corrected chi connectivity index (χ2v) is 5.52. The highest BCUT2D eigenvalue weighted by atomic mass is 32.2. The average molecular weight is 192 g/mol. The number of hydrogen-bond donors (Lipinski definition) is 1. The van der Waals surface area contributed by atoms with Crippen LogP contribution in [0.25, 0.3) is 0 Å². The Hall–Kier alpha value is -0.130. The fraction of sp³-hybridized carbons (Fsp3) is 1.00. The molecule has 0 amide bonds. The van der Waals surface area contributed by atoms with Gasteiger partial charge in [-0.3, -0.25) is 0 Å². The van der Waals surface area contributed by atoms with Gasteiger partial charge in [-0.1, -0.05) is 6.92 Å². The Morgan fingerprint density at radius 3 is 2.75 bits per heavy atom. The second-order valence-electron chi connectivity index (χ2n) is 3.12. The van der Waals surface area contributed by atoms with E-state index in [1.165, 1.54) is 0 Å². The smallest absolute Gasteiger partial charge is 0.156 e. The molecule has 1 heterocycles. The molecule has 1 unspecified atom stereocenters. The molecule has 72 valence electrons. The molecule has 1 aliphatic rings. The summed E-state index contributed by atoms with van der Waals surface area (Å²) in [6, 6.07) is 0. The van der Waals surface area contributed by atoms with Gasteiger partial charge >= 0.3 is 0 Å². The first-order valence-corrected chi connectivity index (χ1v) is 5.95. The third-order valence-corrected chi connectivity index (χ3v) is 4.48. The van der Waals surface area contributed by atoms with Crippen molar-refractivity contribution in [3.8, 4) is 0 Å². The first-order chi connectivity index (χ1) is 5.60. The minimum Gasteiger partial charge on any atom is -0.329 e. The van der Waals surface area contributed by atoms with E-state index in [1.807, 2.05) is 6.92 Å². The molecule has 0 bridgehead atoms. The summed E-state index contributed by atoms with van der Waals surface area (Å²) in [7, 11) is -2.88. The van der Waals surface area contributed by atoms with Crippen LogP contribution in [0.2, 0.25) is 0 Å². The Bertz CT molecular complexity index is 238. The maximum absolute atomic E-state index is 11.4. The lowest BCUT2D eigenvalue weighted by atomic mass is 10.3. The molecular weight excluding hydrogens is 176 g/mol. The van der Waals surface area contributed by atoms with E-state index in [9.17, 15) is 8.42 Å². The molecule has 4 nitrogen and oxygen atoms in total. The molecule has 0 aliphatic carbocycles. The van der Waals surface area contributed by atoms with Crippen molar-refractivity contribution in [1.29, 1.82) is 0 Å². The van der Waals surface area contributed by atoms with Crippen molar-refractivity contribution < 1.29 is 8.42 Å². The molecule has 12 heavy (non-hydrogen) atoms. The van der Waals surface area contributed by atoms with Crippen LogP contribution in [-0.2, 0) is 9.84 Å². The monoisotopic (exact) mass is 192 g/mol. The van der Waals surface area contributed by atoms with Crippen molar-refractivity contribution >= 4 is 9.84 Å². The summed E-state index contributed by atoms with van der Waals surface area (Å²) in [6.07, 6.45) is 0. The molecule has 1 aliphatic heterocycles. The van der Waals surface area contributed by atoms with Crippen molar-refractivity contribution in [3.63, 3.8) is 0 Å². The lowest BCUT2D eigenvalue weighted by Gasteiger charge is -2.30. The Kier molecular flexibility index (Phi) is 3.09. The Balaban J connectivity index is 2.67. The Labute approximate surface area is 73.6 Å². The van der Waals surface area contributed by atoms with Gasteiger partial charge in [-0.25, -0.2) is 8.42 Å². The van der Waals surface area contributed by atoms with Crippen LogP contribution < -0.4 is 5.73 Å². The molecule has 2 N–H and O–H groups in total. The molecule has 0 aromatic rings. The normalized spacial score (nSPS) is 30.3. The highest BCUT2D eigenvalue weighted by Crippen LogP contribution is 2.10. The lowest BCUT2D eigenvalue weighted by molar-refractivity contribution is 0.289. The molecule has 1 atom stereocenters. The minimum absolute atomic E-state index is 0.249. The van der Waals surface area contributed by atoms with Crippen molar-refractivity contribution in [2.45, 2.75) is 12.2 Å². The zero-order chi connectivity index (χ0) is 9.19. The first kappa shape index (κ1) is 9.95. The van der Waals surface area contributed by atoms with Crippen LogP contribution in [0.15, 0.2) is 0 Å². The number of nitrogens with zero attached hydrogens (tertiary/aromatic N) is 1. The predicted molar refractivity (Wildman–Crippen MR) is 48.7 cm³/mol. The SMILES string of the molecule is CCN1CCS(=O)(=O)C(CN)C1. The van der Waals surface area contributed by atoms with E-state index in [0.717, 1.165) is 6.54 Å². The van der Waals surface area contributed by atoms with E-state index in [4.69, 9.17) is 5.73 Å². The highest BCUT2D eigenvalue weighted by molar-refractivity contribution is 7.92. The summed E-state index contributed by atoms with van der Waals surface area (Å²) in [5, 5.41) is -0.341. The van der Waals surface area contributed by atoms with Gasteiger partial charge in [0, 0.05) is 19.6 Å². The topological polar surface area (TPSA) is 63.4 Å². The molecule has 0 spiro atoms. The standard InChI is InChI=1S/C7H16N2O2S/c1-2-9-3-4-12(10,11)7(5-8)6-9/h7H,2-6,8H2,1H3. The van der Waals surface area contributed by atoms with E-state index in [0.29, 0.717) is 13.1 Å².